The van der Waals surface area contributed by atoms with Gasteiger partial charge >= 0.3 is 0 Å². The highest BCUT2D eigenvalue weighted by Gasteiger charge is 2.24. The normalized spacial score (nSPS) is 15.8. The number of alkyl halides is 2. The third-order valence-corrected chi connectivity index (χ3v) is 5.95. The SMILES string of the molecule is Cc1c(C)n(C2CCCCC2)c2ncn(Cc3cn(C)nc3C(F)F)c(=O)c12. The zero-order chi connectivity index (χ0) is 20.0. The van der Waals surface area contributed by atoms with Crippen molar-refractivity contribution >= 4 is 11.0 Å². The van der Waals surface area contributed by atoms with Gasteiger partial charge in [0, 0.05) is 30.5 Å². The Morgan fingerprint density at radius 2 is 1.93 bits per heavy atom. The number of hydrogen-bond acceptors (Lipinski definition) is 3. The molecule has 0 N–H and O–H groups in total. The molecule has 0 bridgehead atoms. The third-order valence-electron chi connectivity index (χ3n) is 5.95. The van der Waals surface area contributed by atoms with Crippen molar-refractivity contribution in [3.05, 3.63) is 45.4 Å². The van der Waals surface area contributed by atoms with E-state index in [-0.39, 0.29) is 17.8 Å². The molecule has 1 fully saturated rings. The van der Waals surface area contributed by atoms with Gasteiger partial charge in [-0.25, -0.2) is 13.8 Å². The first-order chi connectivity index (χ1) is 13.4. The van der Waals surface area contributed by atoms with E-state index in [2.05, 4.69) is 14.6 Å². The molecule has 0 aliphatic heterocycles. The van der Waals surface area contributed by atoms with Gasteiger partial charge in [0.2, 0.25) is 0 Å². The minimum Gasteiger partial charge on any atom is -0.326 e. The number of aromatic nitrogens is 5. The fraction of sp³-hybridized carbons (Fsp3) is 0.550. The van der Waals surface area contributed by atoms with Gasteiger partial charge in [-0.1, -0.05) is 19.3 Å². The summed E-state index contributed by atoms with van der Waals surface area (Å²) in [6.07, 6.45) is 6.17. The van der Waals surface area contributed by atoms with E-state index < -0.39 is 6.43 Å². The van der Waals surface area contributed by atoms with Gasteiger partial charge < -0.3 is 4.57 Å². The summed E-state index contributed by atoms with van der Waals surface area (Å²) in [5.74, 6) is 0. The molecule has 0 atom stereocenters. The second-order valence-electron chi connectivity index (χ2n) is 7.76. The highest BCUT2D eigenvalue weighted by atomic mass is 19.3. The molecule has 0 spiro atoms. The smallest absolute Gasteiger partial charge is 0.282 e. The molecule has 0 saturated heterocycles. The highest BCUT2D eigenvalue weighted by molar-refractivity contribution is 5.81. The summed E-state index contributed by atoms with van der Waals surface area (Å²) in [5, 5.41) is 4.41. The fourth-order valence-corrected chi connectivity index (χ4v) is 4.45. The number of nitrogens with zero attached hydrogens (tertiary/aromatic N) is 5. The van der Waals surface area contributed by atoms with Crippen LogP contribution in [0.4, 0.5) is 8.78 Å². The van der Waals surface area contributed by atoms with Gasteiger partial charge in [0.25, 0.3) is 12.0 Å². The van der Waals surface area contributed by atoms with Crippen molar-refractivity contribution in [2.75, 3.05) is 0 Å². The summed E-state index contributed by atoms with van der Waals surface area (Å²) < 4.78 is 31.5. The maximum atomic E-state index is 13.2. The molecule has 0 aromatic carbocycles. The summed E-state index contributed by atoms with van der Waals surface area (Å²) in [7, 11) is 1.59. The van der Waals surface area contributed by atoms with Gasteiger partial charge in [-0.05, 0) is 32.3 Å². The van der Waals surface area contributed by atoms with Gasteiger partial charge in [-0.15, -0.1) is 0 Å². The first kappa shape index (κ1) is 18.8. The molecule has 28 heavy (non-hydrogen) atoms. The molecule has 1 aliphatic carbocycles. The molecule has 0 radical (unpaired) electrons. The second-order valence-corrected chi connectivity index (χ2v) is 7.76. The Balaban J connectivity index is 1.80. The Morgan fingerprint density at radius 3 is 2.61 bits per heavy atom. The van der Waals surface area contributed by atoms with Gasteiger partial charge in [0.15, 0.2) is 0 Å². The van der Waals surface area contributed by atoms with Gasteiger partial charge in [-0.3, -0.25) is 14.0 Å². The maximum absolute atomic E-state index is 13.2. The quantitative estimate of drug-likeness (QED) is 0.677. The zero-order valence-electron chi connectivity index (χ0n) is 16.5. The molecule has 150 valence electrons. The topological polar surface area (TPSA) is 57.6 Å². The number of hydrogen-bond donors (Lipinski definition) is 0. The molecule has 3 aromatic heterocycles. The van der Waals surface area contributed by atoms with Crippen LogP contribution in [0.5, 0.6) is 0 Å². The molecule has 1 aliphatic rings. The van der Waals surface area contributed by atoms with Gasteiger partial charge in [-0.2, -0.15) is 5.10 Å². The van der Waals surface area contributed by atoms with Crippen LogP contribution in [0.15, 0.2) is 17.3 Å². The molecule has 4 rings (SSSR count). The van der Waals surface area contributed by atoms with E-state index in [1.54, 1.807) is 7.05 Å². The number of aryl methyl sites for hydroxylation is 2. The lowest BCUT2D eigenvalue weighted by molar-refractivity contribution is 0.144. The predicted octanol–water partition coefficient (Wildman–Crippen LogP) is 4.04. The summed E-state index contributed by atoms with van der Waals surface area (Å²) >= 11 is 0. The van der Waals surface area contributed by atoms with E-state index >= 15 is 0 Å². The standard InChI is InChI=1S/C20H25F2N5O/c1-12-13(2)27(15-7-5-4-6-8-15)19-16(12)20(28)26(11-23-19)10-14-9-25(3)24-17(14)18(21)22/h9,11,15,18H,4-8,10H2,1-3H3. The Kier molecular flexibility index (Phi) is 4.81. The van der Waals surface area contributed by atoms with Crippen molar-refractivity contribution in [2.45, 2.75) is 65.0 Å². The second kappa shape index (κ2) is 7.14. The van der Waals surface area contributed by atoms with Crippen molar-refractivity contribution in [1.29, 1.82) is 0 Å². The van der Waals surface area contributed by atoms with E-state index in [0.29, 0.717) is 22.6 Å². The highest BCUT2D eigenvalue weighted by Crippen LogP contribution is 2.34. The van der Waals surface area contributed by atoms with Crippen molar-refractivity contribution in [3.8, 4) is 0 Å². The summed E-state index contributed by atoms with van der Waals surface area (Å²) in [5.41, 5.74) is 2.56. The Morgan fingerprint density at radius 1 is 1.21 bits per heavy atom. The summed E-state index contributed by atoms with van der Waals surface area (Å²) in [6, 6.07) is 0.372. The first-order valence-corrected chi connectivity index (χ1v) is 9.75. The van der Waals surface area contributed by atoms with Crippen LogP contribution >= 0.6 is 0 Å². The van der Waals surface area contributed by atoms with Gasteiger partial charge in [0.1, 0.15) is 17.7 Å². The van der Waals surface area contributed by atoms with Crippen LogP contribution in [0.25, 0.3) is 11.0 Å². The lowest BCUT2D eigenvalue weighted by Gasteiger charge is -2.25. The van der Waals surface area contributed by atoms with E-state index in [0.717, 1.165) is 24.1 Å². The summed E-state index contributed by atoms with van der Waals surface area (Å²) in [4.78, 5) is 17.8. The van der Waals surface area contributed by atoms with E-state index in [4.69, 9.17) is 0 Å². The summed E-state index contributed by atoms with van der Waals surface area (Å²) in [6.45, 7) is 4.01. The molecular formula is C20H25F2N5O. The molecule has 0 unspecified atom stereocenters. The lowest BCUT2D eigenvalue weighted by Crippen LogP contribution is -2.22. The Hall–Kier alpha value is -2.51. The molecule has 1 saturated carbocycles. The Labute approximate surface area is 161 Å². The number of rotatable bonds is 4. The van der Waals surface area contributed by atoms with E-state index in [1.165, 1.54) is 41.0 Å². The lowest BCUT2D eigenvalue weighted by atomic mass is 9.95. The largest absolute Gasteiger partial charge is 0.326 e. The van der Waals surface area contributed by atoms with Crippen LogP contribution in [0, 0.1) is 13.8 Å². The average molecular weight is 389 g/mol. The molecule has 0 amide bonds. The molecule has 8 heteroatoms. The van der Waals surface area contributed by atoms with Crippen molar-refractivity contribution < 1.29 is 8.78 Å². The van der Waals surface area contributed by atoms with Crippen LogP contribution in [0.3, 0.4) is 0 Å². The molecule has 3 aromatic rings. The Bertz CT molecular complexity index is 1070. The number of fused-ring (bicyclic) bond motifs is 1. The minimum atomic E-state index is -2.68. The van der Waals surface area contributed by atoms with Crippen LogP contribution in [0.1, 0.15) is 67.1 Å². The van der Waals surface area contributed by atoms with E-state index in [1.807, 2.05) is 13.8 Å². The first-order valence-electron chi connectivity index (χ1n) is 9.75. The van der Waals surface area contributed by atoms with Crippen molar-refractivity contribution in [3.63, 3.8) is 0 Å². The maximum Gasteiger partial charge on any atom is 0.282 e. The third kappa shape index (κ3) is 3.04. The van der Waals surface area contributed by atoms with Crippen LogP contribution in [-0.4, -0.2) is 23.9 Å². The minimum absolute atomic E-state index is 0.0301. The van der Waals surface area contributed by atoms with Crippen LogP contribution in [0.2, 0.25) is 0 Å². The van der Waals surface area contributed by atoms with Crippen LogP contribution < -0.4 is 5.56 Å². The van der Waals surface area contributed by atoms with Crippen molar-refractivity contribution in [1.82, 2.24) is 23.9 Å². The predicted molar refractivity (Wildman–Crippen MR) is 103 cm³/mol. The molecule has 6 nitrogen and oxygen atoms in total. The fourth-order valence-electron chi connectivity index (χ4n) is 4.45. The van der Waals surface area contributed by atoms with Crippen molar-refractivity contribution in [2.24, 2.45) is 7.05 Å². The average Bonchev–Trinajstić information content (AvgIpc) is 3.16. The van der Waals surface area contributed by atoms with Gasteiger partial charge in [0.05, 0.1) is 11.9 Å². The molecule has 3 heterocycles. The zero-order valence-corrected chi connectivity index (χ0v) is 16.5. The van der Waals surface area contributed by atoms with E-state index in [9.17, 15) is 13.6 Å². The van der Waals surface area contributed by atoms with Crippen LogP contribution in [-0.2, 0) is 13.6 Å². The monoisotopic (exact) mass is 389 g/mol. The molecular weight excluding hydrogens is 364 g/mol. The number of halogens is 2.